The highest BCUT2D eigenvalue weighted by atomic mass is 79.9. The van der Waals surface area contributed by atoms with E-state index in [0.717, 1.165) is 46.4 Å². The molecule has 1 N–H and O–H groups in total. The van der Waals surface area contributed by atoms with Crippen molar-refractivity contribution in [2.75, 3.05) is 18.0 Å². The lowest BCUT2D eigenvalue weighted by Crippen LogP contribution is -2.53. The van der Waals surface area contributed by atoms with Crippen LogP contribution in [-0.2, 0) is 26.2 Å². The summed E-state index contributed by atoms with van der Waals surface area (Å²) in [4.78, 5) is 29.0. The van der Waals surface area contributed by atoms with Crippen molar-refractivity contribution in [3.63, 3.8) is 0 Å². The minimum Gasteiger partial charge on any atom is -0.495 e. The molecule has 224 valence electrons. The van der Waals surface area contributed by atoms with E-state index < -0.39 is 28.5 Å². The van der Waals surface area contributed by atoms with Crippen molar-refractivity contribution >= 4 is 55.1 Å². The van der Waals surface area contributed by atoms with Gasteiger partial charge in [-0.05, 0) is 67.8 Å². The number of amides is 2. The van der Waals surface area contributed by atoms with Crippen LogP contribution < -0.4 is 14.4 Å². The topological polar surface area (TPSA) is 96.0 Å². The first-order valence-electron chi connectivity index (χ1n) is 13.9. The van der Waals surface area contributed by atoms with Crippen LogP contribution in [0.2, 0.25) is 5.02 Å². The molecule has 0 heterocycles. The number of nitrogens with zero attached hydrogens (tertiary/aromatic N) is 2. The fourth-order valence-electron chi connectivity index (χ4n) is 5.03. The largest absolute Gasteiger partial charge is 0.495 e. The number of halogens is 2. The molecule has 0 bridgehead atoms. The summed E-state index contributed by atoms with van der Waals surface area (Å²) >= 11 is 9.72. The second-order valence-corrected chi connectivity index (χ2v) is 13.5. The average molecular weight is 677 g/mol. The summed E-state index contributed by atoms with van der Waals surface area (Å²) in [6.07, 6.45) is 5.05. The molecule has 1 saturated carbocycles. The van der Waals surface area contributed by atoms with Gasteiger partial charge >= 0.3 is 0 Å². The van der Waals surface area contributed by atoms with E-state index in [2.05, 4.69) is 21.2 Å². The molecular formula is C31H35BrClN3O5S. The van der Waals surface area contributed by atoms with Gasteiger partial charge in [0.05, 0.1) is 17.7 Å². The summed E-state index contributed by atoms with van der Waals surface area (Å²) < 4.78 is 35.4. The zero-order valence-electron chi connectivity index (χ0n) is 23.6. The molecule has 0 radical (unpaired) electrons. The predicted octanol–water partition coefficient (Wildman–Crippen LogP) is 6.17. The smallest absolute Gasteiger partial charge is 0.264 e. The highest BCUT2D eigenvalue weighted by Gasteiger charge is 2.34. The highest BCUT2D eigenvalue weighted by molar-refractivity contribution is 9.10. The van der Waals surface area contributed by atoms with Crippen LogP contribution in [0.15, 0.2) is 82.2 Å². The maximum Gasteiger partial charge on any atom is 0.264 e. The number of ether oxygens (including phenoxy) is 1. The number of sulfonamides is 1. The van der Waals surface area contributed by atoms with E-state index in [1.165, 1.54) is 30.2 Å². The zero-order valence-corrected chi connectivity index (χ0v) is 26.8. The van der Waals surface area contributed by atoms with E-state index in [4.69, 9.17) is 16.3 Å². The lowest BCUT2D eigenvalue weighted by molar-refractivity contribution is -0.139. The number of benzene rings is 3. The molecule has 2 amide bonds. The van der Waals surface area contributed by atoms with Crippen LogP contribution in [0.25, 0.3) is 0 Å². The summed E-state index contributed by atoms with van der Waals surface area (Å²) in [5, 5.41) is 3.38. The molecule has 1 aliphatic carbocycles. The normalized spacial score (nSPS) is 14.6. The van der Waals surface area contributed by atoms with Crippen molar-refractivity contribution in [2.45, 2.75) is 62.6 Å². The molecule has 3 aromatic carbocycles. The standard InChI is InChI=1S/C31H35BrClN3O5S/c1-22(31(38)34-26-9-5-3-6-10-26)35(20-23-13-15-24(32)16-14-23)30(37)21-36(28-19-25(33)17-18-29(28)41-2)42(39,40)27-11-7-4-8-12-27/h4,7-8,11-19,22,26H,3,5-6,9-10,20-21H2,1-2H3,(H,34,38)/t22-/m1/s1. The predicted molar refractivity (Wildman–Crippen MR) is 168 cm³/mol. The van der Waals surface area contributed by atoms with E-state index in [1.54, 1.807) is 37.3 Å². The molecule has 0 spiro atoms. The first kappa shape index (κ1) is 31.8. The third-order valence-corrected chi connectivity index (χ3v) is 9.94. The Morgan fingerprint density at radius 2 is 1.69 bits per heavy atom. The summed E-state index contributed by atoms with van der Waals surface area (Å²) in [6.45, 7) is 1.20. The molecule has 4 rings (SSSR count). The Labute approximate surface area is 261 Å². The second kappa shape index (κ2) is 14.4. The molecule has 0 aliphatic heterocycles. The third kappa shape index (κ3) is 7.85. The summed E-state index contributed by atoms with van der Waals surface area (Å²) in [5.74, 6) is -0.592. The summed E-state index contributed by atoms with van der Waals surface area (Å²) in [5.41, 5.74) is 0.909. The molecule has 0 aromatic heterocycles. The van der Waals surface area contributed by atoms with Gasteiger partial charge in [-0.1, -0.05) is 77.1 Å². The third-order valence-electron chi connectivity index (χ3n) is 7.40. The van der Waals surface area contributed by atoms with Gasteiger partial charge in [0.25, 0.3) is 10.0 Å². The van der Waals surface area contributed by atoms with Crippen molar-refractivity contribution in [2.24, 2.45) is 0 Å². The van der Waals surface area contributed by atoms with Crippen LogP contribution >= 0.6 is 27.5 Å². The number of nitrogens with one attached hydrogen (secondary N) is 1. The number of carbonyl (C=O) groups excluding carboxylic acids is 2. The average Bonchev–Trinajstić information content (AvgIpc) is 3.00. The molecule has 11 heteroatoms. The lowest BCUT2D eigenvalue weighted by atomic mass is 9.95. The van der Waals surface area contributed by atoms with E-state index in [0.29, 0.717) is 0 Å². The molecule has 3 aromatic rings. The van der Waals surface area contributed by atoms with Crippen LogP contribution in [0, 0.1) is 0 Å². The molecule has 1 fully saturated rings. The fraction of sp³-hybridized carbons (Fsp3) is 0.355. The summed E-state index contributed by atoms with van der Waals surface area (Å²) in [7, 11) is -2.82. The van der Waals surface area contributed by atoms with E-state index in [1.807, 2.05) is 24.3 Å². The Bertz CT molecular complexity index is 1480. The van der Waals surface area contributed by atoms with Gasteiger partial charge in [-0.3, -0.25) is 13.9 Å². The molecule has 0 saturated heterocycles. The van der Waals surface area contributed by atoms with Gasteiger partial charge in [0.2, 0.25) is 11.8 Å². The molecule has 0 unspecified atom stereocenters. The first-order chi connectivity index (χ1) is 20.1. The Morgan fingerprint density at radius 3 is 2.33 bits per heavy atom. The maximum absolute atomic E-state index is 14.2. The van der Waals surface area contributed by atoms with E-state index in [9.17, 15) is 18.0 Å². The SMILES string of the molecule is COc1ccc(Cl)cc1N(CC(=O)N(Cc1ccc(Br)cc1)[C@H](C)C(=O)NC1CCCCC1)S(=O)(=O)c1ccccc1. The number of hydrogen-bond donors (Lipinski definition) is 1. The van der Waals surface area contributed by atoms with Crippen LogP contribution in [-0.4, -0.2) is 50.9 Å². The Morgan fingerprint density at radius 1 is 1.02 bits per heavy atom. The quantitative estimate of drug-likeness (QED) is 0.262. The van der Waals surface area contributed by atoms with Gasteiger partial charge in [0.1, 0.15) is 18.3 Å². The van der Waals surface area contributed by atoms with Gasteiger partial charge in [0, 0.05) is 22.1 Å². The maximum atomic E-state index is 14.2. The summed E-state index contributed by atoms with van der Waals surface area (Å²) in [6, 6.07) is 19.1. The number of methoxy groups -OCH3 is 1. The Balaban J connectivity index is 1.71. The molecule has 8 nitrogen and oxygen atoms in total. The van der Waals surface area contributed by atoms with Crippen LogP contribution in [0.4, 0.5) is 5.69 Å². The first-order valence-corrected chi connectivity index (χ1v) is 16.5. The number of rotatable bonds is 11. The Hall–Kier alpha value is -3.08. The number of anilines is 1. The monoisotopic (exact) mass is 675 g/mol. The second-order valence-electron chi connectivity index (χ2n) is 10.3. The van der Waals surface area contributed by atoms with Gasteiger partial charge in [-0.2, -0.15) is 0 Å². The minimum atomic E-state index is -4.24. The van der Waals surface area contributed by atoms with Crippen LogP contribution in [0.5, 0.6) is 5.75 Å². The minimum absolute atomic E-state index is 0.00220. The molecular weight excluding hydrogens is 642 g/mol. The van der Waals surface area contributed by atoms with Crippen molar-refractivity contribution in [1.82, 2.24) is 10.2 Å². The van der Waals surface area contributed by atoms with Crippen LogP contribution in [0.3, 0.4) is 0 Å². The van der Waals surface area contributed by atoms with Crippen molar-refractivity contribution in [3.05, 3.63) is 87.9 Å². The Kier molecular flexibility index (Phi) is 10.9. The fourth-order valence-corrected chi connectivity index (χ4v) is 6.90. The molecule has 1 atom stereocenters. The van der Waals surface area contributed by atoms with E-state index in [-0.39, 0.29) is 39.8 Å². The highest BCUT2D eigenvalue weighted by Crippen LogP contribution is 2.35. The number of hydrogen-bond acceptors (Lipinski definition) is 5. The van der Waals surface area contributed by atoms with Gasteiger partial charge in [-0.25, -0.2) is 8.42 Å². The lowest BCUT2D eigenvalue weighted by Gasteiger charge is -2.33. The van der Waals surface area contributed by atoms with E-state index >= 15 is 0 Å². The van der Waals surface area contributed by atoms with Gasteiger partial charge < -0.3 is 15.0 Å². The van der Waals surface area contributed by atoms with Crippen LogP contribution in [0.1, 0.15) is 44.6 Å². The molecule has 42 heavy (non-hydrogen) atoms. The van der Waals surface area contributed by atoms with Crippen molar-refractivity contribution in [1.29, 1.82) is 0 Å². The number of carbonyl (C=O) groups is 2. The van der Waals surface area contributed by atoms with Gasteiger partial charge in [0.15, 0.2) is 0 Å². The van der Waals surface area contributed by atoms with Crippen molar-refractivity contribution < 1.29 is 22.7 Å². The van der Waals surface area contributed by atoms with Gasteiger partial charge in [-0.15, -0.1) is 0 Å². The van der Waals surface area contributed by atoms with Crippen molar-refractivity contribution in [3.8, 4) is 5.75 Å². The molecule has 1 aliphatic rings. The zero-order chi connectivity index (χ0) is 30.3.